The van der Waals surface area contributed by atoms with E-state index in [1.54, 1.807) is 17.1 Å². The van der Waals surface area contributed by atoms with E-state index in [9.17, 15) is 0 Å². The molecule has 0 radical (unpaired) electrons. The lowest BCUT2D eigenvalue weighted by Gasteiger charge is -2.53. The van der Waals surface area contributed by atoms with E-state index < -0.39 is 0 Å². The van der Waals surface area contributed by atoms with Gasteiger partial charge in [-0.25, -0.2) is 11.6 Å². The fourth-order valence-electron chi connectivity index (χ4n) is 4.87. The van der Waals surface area contributed by atoms with Crippen molar-refractivity contribution in [3.63, 3.8) is 0 Å². The number of hydrogen-bond acceptors (Lipinski definition) is 7. The van der Waals surface area contributed by atoms with Gasteiger partial charge in [0.2, 0.25) is 12.5 Å². The van der Waals surface area contributed by atoms with Crippen molar-refractivity contribution < 1.29 is 4.74 Å². The smallest absolute Gasteiger partial charge is 0.237 e. The Bertz CT molecular complexity index is 887. The zero-order chi connectivity index (χ0) is 19.1. The van der Waals surface area contributed by atoms with Crippen LogP contribution < -0.4 is 10.2 Å². The van der Waals surface area contributed by atoms with E-state index in [0.29, 0.717) is 37.8 Å². The number of anilines is 3. The lowest BCUT2D eigenvalue weighted by Crippen LogP contribution is -2.71. The minimum absolute atomic E-state index is 0.0711. The molecule has 146 valence electrons. The molecule has 0 unspecified atom stereocenters. The molecule has 3 fully saturated rings. The second-order valence-electron chi connectivity index (χ2n) is 8.00. The largest absolute Gasteiger partial charge is 0.377 e. The van der Waals surface area contributed by atoms with Crippen LogP contribution in [0.3, 0.4) is 0 Å². The number of nitrogens with one attached hydrogen (secondary N) is 1. The highest BCUT2D eigenvalue weighted by molar-refractivity contribution is 5.53. The van der Waals surface area contributed by atoms with E-state index in [4.69, 9.17) is 16.3 Å². The summed E-state index contributed by atoms with van der Waals surface area (Å²) in [6, 6.07) is 2.88. The molecule has 9 nitrogen and oxygen atoms in total. The van der Waals surface area contributed by atoms with E-state index >= 15 is 0 Å². The minimum Gasteiger partial charge on any atom is -0.377 e. The molecular formula is C19H24N8O. The maximum Gasteiger partial charge on any atom is 0.237 e. The summed E-state index contributed by atoms with van der Waals surface area (Å²) in [5.74, 6) is 1.53. The van der Waals surface area contributed by atoms with Gasteiger partial charge < -0.3 is 19.8 Å². The van der Waals surface area contributed by atoms with Crippen molar-refractivity contribution in [1.29, 1.82) is 0 Å². The average molecular weight is 380 g/mol. The van der Waals surface area contributed by atoms with Gasteiger partial charge in [-0.3, -0.25) is 9.58 Å². The third kappa shape index (κ3) is 2.89. The summed E-state index contributed by atoms with van der Waals surface area (Å²) < 4.78 is 7.26. The van der Waals surface area contributed by atoms with Crippen LogP contribution in [0.25, 0.3) is 4.85 Å². The first kappa shape index (κ1) is 17.4. The molecule has 3 aliphatic heterocycles. The summed E-state index contributed by atoms with van der Waals surface area (Å²) in [6.45, 7) is 11.1. The van der Waals surface area contributed by atoms with Crippen molar-refractivity contribution in [3.8, 4) is 0 Å². The second kappa shape index (κ2) is 6.72. The molecule has 0 amide bonds. The van der Waals surface area contributed by atoms with Crippen molar-refractivity contribution >= 4 is 17.5 Å². The molecule has 0 spiro atoms. The van der Waals surface area contributed by atoms with Gasteiger partial charge in [0.05, 0.1) is 25.1 Å². The molecule has 3 saturated heterocycles. The van der Waals surface area contributed by atoms with Crippen LogP contribution in [0.4, 0.5) is 17.5 Å². The maximum atomic E-state index is 7.36. The molecule has 0 saturated carbocycles. The number of hydrogen-bond donors (Lipinski definition) is 1. The van der Waals surface area contributed by atoms with Crippen LogP contribution in [0.5, 0.6) is 0 Å². The number of aryl methyl sites for hydroxylation is 1. The van der Waals surface area contributed by atoms with Gasteiger partial charge in [-0.2, -0.15) is 10.1 Å². The van der Waals surface area contributed by atoms with Crippen molar-refractivity contribution in [2.24, 2.45) is 7.05 Å². The van der Waals surface area contributed by atoms with Crippen LogP contribution in [0.15, 0.2) is 24.7 Å². The van der Waals surface area contributed by atoms with Gasteiger partial charge in [0, 0.05) is 44.6 Å². The Hall–Kier alpha value is -2.70. The molecule has 1 N–H and O–H groups in total. The summed E-state index contributed by atoms with van der Waals surface area (Å²) in [6.07, 6.45) is 7.80. The minimum atomic E-state index is -0.0711. The van der Waals surface area contributed by atoms with E-state index in [0.717, 1.165) is 24.6 Å². The van der Waals surface area contributed by atoms with Gasteiger partial charge in [0.25, 0.3) is 0 Å². The predicted molar refractivity (Wildman–Crippen MR) is 104 cm³/mol. The summed E-state index contributed by atoms with van der Waals surface area (Å²) in [4.78, 5) is 17.7. The molecule has 2 aromatic heterocycles. The quantitative estimate of drug-likeness (QED) is 0.784. The SMILES string of the molecule is [C-]#[N+]CC1(N2[C@@H]3CC[C@H]2CN(c2ccnc(Nc4cnn(C)c4)n2)C3)COC1. The first-order valence-electron chi connectivity index (χ1n) is 9.70. The molecule has 2 aromatic rings. The van der Waals surface area contributed by atoms with Crippen LogP contribution in [-0.2, 0) is 11.8 Å². The van der Waals surface area contributed by atoms with Crippen LogP contribution in [0.1, 0.15) is 12.8 Å². The zero-order valence-corrected chi connectivity index (χ0v) is 16.0. The van der Waals surface area contributed by atoms with Gasteiger partial charge in [-0.15, -0.1) is 0 Å². The second-order valence-corrected chi connectivity index (χ2v) is 8.00. The summed E-state index contributed by atoms with van der Waals surface area (Å²) in [5.41, 5.74) is 0.800. The standard InChI is InChI=1S/C19H24N8O/c1-20-11-19(12-28-13-19)27-15-3-4-16(27)10-26(9-15)17-5-6-21-18(24-17)23-14-7-22-25(2)8-14/h5-8,15-16H,3-4,9-13H2,2H3,(H,21,23,24)/t15-,16+. The molecule has 28 heavy (non-hydrogen) atoms. The van der Waals surface area contributed by atoms with Crippen molar-refractivity contribution in [2.45, 2.75) is 30.5 Å². The Morgan fingerprint density at radius 3 is 2.71 bits per heavy atom. The fraction of sp³-hybridized carbons (Fsp3) is 0.579. The molecule has 3 aliphatic rings. The first-order valence-corrected chi connectivity index (χ1v) is 9.70. The number of ether oxygens (including phenoxy) is 1. The van der Waals surface area contributed by atoms with Crippen LogP contribution in [-0.4, -0.2) is 75.1 Å². The lowest BCUT2D eigenvalue weighted by molar-refractivity contribution is -0.150. The van der Waals surface area contributed by atoms with Crippen LogP contribution >= 0.6 is 0 Å². The molecular weight excluding hydrogens is 356 g/mol. The highest BCUT2D eigenvalue weighted by Gasteiger charge is 2.56. The molecule has 2 atom stereocenters. The van der Waals surface area contributed by atoms with E-state index in [1.165, 1.54) is 12.8 Å². The van der Waals surface area contributed by atoms with E-state index in [-0.39, 0.29) is 5.54 Å². The number of aromatic nitrogens is 4. The third-order valence-corrected chi connectivity index (χ3v) is 6.07. The highest BCUT2D eigenvalue weighted by Crippen LogP contribution is 2.40. The van der Waals surface area contributed by atoms with Crippen LogP contribution in [0.2, 0.25) is 0 Å². The Morgan fingerprint density at radius 2 is 2.11 bits per heavy atom. The third-order valence-electron chi connectivity index (χ3n) is 6.07. The molecule has 0 aromatic carbocycles. The van der Waals surface area contributed by atoms with Gasteiger partial charge in [0.15, 0.2) is 0 Å². The molecule has 5 rings (SSSR count). The molecule has 2 bridgehead atoms. The summed E-state index contributed by atoms with van der Waals surface area (Å²) >= 11 is 0. The van der Waals surface area contributed by atoms with Crippen molar-refractivity contribution in [2.75, 3.05) is 43.1 Å². The monoisotopic (exact) mass is 380 g/mol. The Balaban J connectivity index is 1.33. The number of rotatable bonds is 5. The Morgan fingerprint density at radius 1 is 1.32 bits per heavy atom. The number of piperazine rings is 1. The first-order chi connectivity index (χ1) is 13.7. The summed E-state index contributed by atoms with van der Waals surface area (Å²) in [7, 11) is 1.88. The van der Waals surface area contributed by atoms with Crippen molar-refractivity contribution in [3.05, 3.63) is 36.1 Å². The Kier molecular flexibility index (Phi) is 4.18. The Labute approximate surface area is 164 Å². The highest BCUT2D eigenvalue weighted by atomic mass is 16.5. The van der Waals surface area contributed by atoms with Gasteiger partial charge >= 0.3 is 0 Å². The topological polar surface area (TPSA) is 75.7 Å². The normalized spacial score (nSPS) is 25.9. The maximum absolute atomic E-state index is 7.36. The predicted octanol–water partition coefficient (Wildman–Crippen LogP) is 1.29. The molecule has 9 heteroatoms. The summed E-state index contributed by atoms with van der Waals surface area (Å²) in [5, 5.41) is 7.38. The fourth-order valence-corrected chi connectivity index (χ4v) is 4.87. The van der Waals surface area contributed by atoms with E-state index in [2.05, 4.69) is 30.0 Å². The zero-order valence-electron chi connectivity index (χ0n) is 16.0. The van der Waals surface area contributed by atoms with Crippen LogP contribution in [0, 0.1) is 6.57 Å². The van der Waals surface area contributed by atoms with Gasteiger partial charge in [-0.05, 0) is 18.9 Å². The van der Waals surface area contributed by atoms with Gasteiger partial charge in [0.1, 0.15) is 11.4 Å². The molecule has 5 heterocycles. The average Bonchev–Trinajstić information content (AvgIpc) is 3.18. The lowest BCUT2D eigenvalue weighted by atomic mass is 9.91. The van der Waals surface area contributed by atoms with Crippen molar-refractivity contribution in [1.82, 2.24) is 24.6 Å². The molecule has 0 aliphatic carbocycles. The van der Waals surface area contributed by atoms with Gasteiger partial charge in [-0.1, -0.05) is 0 Å². The van der Waals surface area contributed by atoms with E-state index in [1.807, 2.05) is 19.3 Å². The number of fused-ring (bicyclic) bond motifs is 2. The number of nitrogens with zero attached hydrogens (tertiary/aromatic N) is 7.